The zero-order valence-electron chi connectivity index (χ0n) is 13.0. The molecule has 1 aromatic rings. The number of rotatable bonds is 5. The van der Waals surface area contributed by atoms with E-state index in [1.165, 1.54) is 5.56 Å². The van der Waals surface area contributed by atoms with Crippen molar-refractivity contribution in [3.63, 3.8) is 0 Å². The molecule has 0 aliphatic carbocycles. The number of aliphatic hydroxyl groups excluding tert-OH is 1. The fourth-order valence-corrected chi connectivity index (χ4v) is 3.07. The highest BCUT2D eigenvalue weighted by Crippen LogP contribution is 2.21. The molecule has 2 unspecified atom stereocenters. The molecule has 0 spiro atoms. The lowest BCUT2D eigenvalue weighted by Gasteiger charge is -2.39. The van der Waals surface area contributed by atoms with Crippen molar-refractivity contribution in [2.45, 2.75) is 51.7 Å². The third-order valence-corrected chi connectivity index (χ3v) is 4.30. The smallest absolute Gasteiger partial charge is 0.234 e. The summed E-state index contributed by atoms with van der Waals surface area (Å²) in [4.78, 5) is 14.3. The number of hydrogen-bond acceptors (Lipinski definition) is 3. The molecule has 4 nitrogen and oxygen atoms in total. The van der Waals surface area contributed by atoms with Crippen molar-refractivity contribution in [2.75, 3.05) is 13.2 Å². The number of carbonyl (C=O) groups excluding carboxylic acids is 1. The number of benzene rings is 1. The minimum Gasteiger partial charge on any atom is -0.395 e. The SMILES string of the molecule is Cc1cccc(CNC(=O)CN2C(C)CCCC2CO)c1. The van der Waals surface area contributed by atoms with Gasteiger partial charge in [0.05, 0.1) is 13.2 Å². The van der Waals surface area contributed by atoms with Gasteiger partial charge in [-0.1, -0.05) is 36.2 Å². The zero-order valence-corrected chi connectivity index (χ0v) is 13.0. The second-order valence-corrected chi connectivity index (χ2v) is 6.05. The van der Waals surface area contributed by atoms with E-state index in [2.05, 4.69) is 23.2 Å². The fourth-order valence-electron chi connectivity index (χ4n) is 3.07. The molecule has 116 valence electrons. The number of nitrogens with one attached hydrogen (secondary N) is 1. The van der Waals surface area contributed by atoms with Crippen molar-refractivity contribution >= 4 is 5.91 Å². The molecule has 2 N–H and O–H groups in total. The molecule has 21 heavy (non-hydrogen) atoms. The van der Waals surface area contributed by atoms with Crippen molar-refractivity contribution in [1.82, 2.24) is 10.2 Å². The molecule has 1 fully saturated rings. The van der Waals surface area contributed by atoms with E-state index < -0.39 is 0 Å². The van der Waals surface area contributed by atoms with Crippen LogP contribution in [-0.2, 0) is 11.3 Å². The number of carbonyl (C=O) groups is 1. The first-order valence-corrected chi connectivity index (χ1v) is 7.79. The molecule has 1 saturated heterocycles. The van der Waals surface area contributed by atoms with Crippen LogP contribution in [0.3, 0.4) is 0 Å². The average Bonchev–Trinajstić information content (AvgIpc) is 2.47. The van der Waals surface area contributed by atoms with Crippen LogP contribution in [0.1, 0.15) is 37.3 Å². The Morgan fingerprint density at radius 1 is 1.43 bits per heavy atom. The van der Waals surface area contributed by atoms with Gasteiger partial charge in [-0.3, -0.25) is 9.69 Å². The summed E-state index contributed by atoms with van der Waals surface area (Å²) in [7, 11) is 0. The molecule has 1 aliphatic heterocycles. The molecule has 2 rings (SSSR count). The number of piperidine rings is 1. The highest BCUT2D eigenvalue weighted by atomic mass is 16.3. The summed E-state index contributed by atoms with van der Waals surface area (Å²) < 4.78 is 0. The molecule has 2 atom stereocenters. The van der Waals surface area contributed by atoms with E-state index in [9.17, 15) is 9.90 Å². The summed E-state index contributed by atoms with van der Waals surface area (Å²) in [5, 5.41) is 12.4. The lowest BCUT2D eigenvalue weighted by molar-refractivity contribution is -0.124. The van der Waals surface area contributed by atoms with Gasteiger partial charge in [0.2, 0.25) is 5.91 Å². The Hall–Kier alpha value is -1.39. The molecule has 1 heterocycles. The fraction of sp³-hybridized carbons (Fsp3) is 0.588. The number of nitrogens with zero attached hydrogens (tertiary/aromatic N) is 1. The minimum absolute atomic E-state index is 0.0312. The molecule has 0 radical (unpaired) electrons. The maximum Gasteiger partial charge on any atom is 0.234 e. The Bertz CT molecular complexity index is 476. The summed E-state index contributed by atoms with van der Waals surface area (Å²) in [5.41, 5.74) is 2.32. The standard InChI is InChI=1S/C17H26N2O2/c1-13-5-3-7-15(9-13)10-18-17(21)11-19-14(2)6-4-8-16(19)12-20/h3,5,7,9,14,16,20H,4,6,8,10-12H2,1-2H3,(H,18,21). The van der Waals surface area contributed by atoms with Gasteiger partial charge in [-0.2, -0.15) is 0 Å². The Balaban J connectivity index is 1.85. The van der Waals surface area contributed by atoms with Gasteiger partial charge in [0, 0.05) is 18.6 Å². The summed E-state index contributed by atoms with van der Waals surface area (Å²) in [5.74, 6) is 0.0312. The van der Waals surface area contributed by atoms with Crippen LogP contribution in [0.15, 0.2) is 24.3 Å². The second-order valence-electron chi connectivity index (χ2n) is 6.05. The van der Waals surface area contributed by atoms with Crippen molar-refractivity contribution in [1.29, 1.82) is 0 Å². The van der Waals surface area contributed by atoms with Crippen molar-refractivity contribution < 1.29 is 9.90 Å². The predicted molar refractivity (Wildman–Crippen MR) is 83.9 cm³/mol. The van der Waals surface area contributed by atoms with Gasteiger partial charge in [0.25, 0.3) is 0 Å². The van der Waals surface area contributed by atoms with Crippen LogP contribution in [0, 0.1) is 6.92 Å². The summed E-state index contributed by atoms with van der Waals surface area (Å²) in [6.45, 7) is 5.25. The van der Waals surface area contributed by atoms with Crippen LogP contribution in [0.4, 0.5) is 0 Å². The van der Waals surface area contributed by atoms with Gasteiger partial charge in [-0.25, -0.2) is 0 Å². The topological polar surface area (TPSA) is 52.6 Å². The van der Waals surface area contributed by atoms with Gasteiger partial charge >= 0.3 is 0 Å². The van der Waals surface area contributed by atoms with E-state index in [4.69, 9.17) is 0 Å². The van der Waals surface area contributed by atoms with E-state index in [-0.39, 0.29) is 18.6 Å². The Morgan fingerprint density at radius 2 is 2.24 bits per heavy atom. The first-order chi connectivity index (χ1) is 10.1. The van der Waals surface area contributed by atoms with Gasteiger partial charge in [-0.05, 0) is 32.3 Å². The number of aliphatic hydroxyl groups is 1. The van der Waals surface area contributed by atoms with E-state index in [1.807, 2.05) is 25.1 Å². The average molecular weight is 290 g/mol. The largest absolute Gasteiger partial charge is 0.395 e. The molecule has 0 bridgehead atoms. The van der Waals surface area contributed by atoms with Crippen LogP contribution >= 0.6 is 0 Å². The maximum atomic E-state index is 12.1. The van der Waals surface area contributed by atoms with Crippen LogP contribution in [0.2, 0.25) is 0 Å². The number of likely N-dealkylation sites (tertiary alicyclic amines) is 1. The molecular weight excluding hydrogens is 264 g/mol. The second kappa shape index (κ2) is 7.57. The number of amides is 1. The quantitative estimate of drug-likeness (QED) is 0.870. The van der Waals surface area contributed by atoms with Crippen LogP contribution < -0.4 is 5.32 Å². The zero-order chi connectivity index (χ0) is 15.2. The van der Waals surface area contributed by atoms with E-state index in [0.717, 1.165) is 24.8 Å². The highest BCUT2D eigenvalue weighted by Gasteiger charge is 2.28. The first-order valence-electron chi connectivity index (χ1n) is 7.79. The monoisotopic (exact) mass is 290 g/mol. The first kappa shape index (κ1) is 16.0. The maximum absolute atomic E-state index is 12.1. The molecule has 4 heteroatoms. The predicted octanol–water partition coefficient (Wildman–Crippen LogP) is 1.85. The number of aryl methyl sites for hydroxylation is 1. The van der Waals surface area contributed by atoms with Crippen molar-refractivity contribution in [3.05, 3.63) is 35.4 Å². The van der Waals surface area contributed by atoms with Gasteiger partial charge in [-0.15, -0.1) is 0 Å². The Morgan fingerprint density at radius 3 is 2.95 bits per heavy atom. The molecule has 1 aromatic carbocycles. The summed E-state index contributed by atoms with van der Waals surface area (Å²) in [6.07, 6.45) is 3.21. The lowest BCUT2D eigenvalue weighted by Crippen LogP contribution is -2.51. The van der Waals surface area contributed by atoms with Crippen LogP contribution in [0.5, 0.6) is 0 Å². The molecule has 1 aliphatic rings. The number of hydrogen-bond donors (Lipinski definition) is 2. The molecule has 0 aromatic heterocycles. The normalized spacial score (nSPS) is 23.0. The van der Waals surface area contributed by atoms with E-state index >= 15 is 0 Å². The minimum atomic E-state index is 0.0312. The van der Waals surface area contributed by atoms with E-state index in [1.54, 1.807) is 0 Å². The van der Waals surface area contributed by atoms with Gasteiger partial charge in [0.15, 0.2) is 0 Å². The van der Waals surface area contributed by atoms with Crippen LogP contribution in [-0.4, -0.2) is 41.1 Å². The molecule has 1 amide bonds. The van der Waals surface area contributed by atoms with Crippen LogP contribution in [0.25, 0.3) is 0 Å². The molecule has 0 saturated carbocycles. The summed E-state index contributed by atoms with van der Waals surface area (Å²) >= 11 is 0. The van der Waals surface area contributed by atoms with E-state index in [0.29, 0.717) is 19.1 Å². The third kappa shape index (κ3) is 4.55. The van der Waals surface area contributed by atoms with Gasteiger partial charge in [0.1, 0.15) is 0 Å². The highest BCUT2D eigenvalue weighted by molar-refractivity contribution is 5.78. The Labute approximate surface area is 127 Å². The van der Waals surface area contributed by atoms with Gasteiger partial charge < -0.3 is 10.4 Å². The summed E-state index contributed by atoms with van der Waals surface area (Å²) in [6, 6.07) is 8.64. The Kier molecular flexibility index (Phi) is 5.76. The van der Waals surface area contributed by atoms with Crippen molar-refractivity contribution in [3.8, 4) is 0 Å². The lowest BCUT2D eigenvalue weighted by atomic mass is 9.97. The third-order valence-electron chi connectivity index (χ3n) is 4.30. The molecular formula is C17H26N2O2. The van der Waals surface area contributed by atoms with Crippen molar-refractivity contribution in [2.24, 2.45) is 0 Å².